The maximum absolute atomic E-state index is 12.6. The molecule has 0 saturated heterocycles. The Morgan fingerprint density at radius 3 is 2.38 bits per heavy atom. The lowest BCUT2D eigenvalue weighted by molar-refractivity contribution is 0.173. The second kappa shape index (κ2) is 7.63. The van der Waals surface area contributed by atoms with Gasteiger partial charge in [-0.1, -0.05) is 23.8 Å². The Labute approximate surface area is 152 Å². The van der Waals surface area contributed by atoms with Crippen LogP contribution >= 0.6 is 0 Å². The van der Waals surface area contributed by atoms with Crippen LogP contribution in [0.3, 0.4) is 0 Å². The average molecular weight is 379 g/mol. The number of aliphatic hydroxyl groups excluding tert-OH is 2. The van der Waals surface area contributed by atoms with E-state index in [0.717, 1.165) is 5.56 Å². The molecular formula is C18H21NO6S. The number of rotatable bonds is 7. The molecule has 8 heteroatoms. The second-order valence-electron chi connectivity index (χ2n) is 6.13. The molecule has 1 aliphatic rings. The second-order valence-corrected chi connectivity index (χ2v) is 7.84. The van der Waals surface area contributed by atoms with E-state index in [9.17, 15) is 18.6 Å². The summed E-state index contributed by atoms with van der Waals surface area (Å²) >= 11 is 0. The third kappa shape index (κ3) is 3.83. The highest BCUT2D eigenvalue weighted by atomic mass is 32.2. The first-order valence-electron chi connectivity index (χ1n) is 8.15. The molecule has 26 heavy (non-hydrogen) atoms. The largest absolute Gasteiger partial charge is 0.454 e. The fourth-order valence-corrected chi connectivity index (χ4v) is 4.11. The normalized spacial score (nSPS) is 15.7. The number of hydrogen-bond donors (Lipinski definition) is 3. The molecule has 3 N–H and O–H groups in total. The number of benzene rings is 2. The van der Waals surface area contributed by atoms with Crippen molar-refractivity contribution in [3.8, 4) is 11.5 Å². The molecule has 2 aromatic rings. The predicted molar refractivity (Wildman–Crippen MR) is 94.8 cm³/mol. The van der Waals surface area contributed by atoms with E-state index in [2.05, 4.69) is 4.72 Å². The van der Waals surface area contributed by atoms with Gasteiger partial charge in [-0.15, -0.1) is 0 Å². The smallest absolute Gasteiger partial charge is 0.240 e. The molecule has 3 rings (SSSR count). The van der Waals surface area contributed by atoms with E-state index in [1.54, 1.807) is 30.3 Å². The van der Waals surface area contributed by atoms with Crippen LogP contribution < -0.4 is 14.2 Å². The van der Waals surface area contributed by atoms with Crippen molar-refractivity contribution in [1.82, 2.24) is 4.72 Å². The molecule has 2 aromatic carbocycles. The van der Waals surface area contributed by atoms with E-state index in [1.165, 1.54) is 12.1 Å². The van der Waals surface area contributed by atoms with Crippen molar-refractivity contribution in [1.29, 1.82) is 0 Å². The first kappa shape index (κ1) is 18.7. The molecule has 0 unspecified atom stereocenters. The van der Waals surface area contributed by atoms with E-state index in [0.29, 0.717) is 17.1 Å². The molecule has 140 valence electrons. The molecule has 1 aliphatic heterocycles. The number of aryl methyl sites for hydroxylation is 1. The van der Waals surface area contributed by atoms with Crippen LogP contribution in [0.5, 0.6) is 11.5 Å². The minimum atomic E-state index is -3.84. The van der Waals surface area contributed by atoms with Crippen LogP contribution in [-0.4, -0.2) is 44.7 Å². The molecule has 1 heterocycles. The highest BCUT2D eigenvalue weighted by Gasteiger charge is 2.29. The van der Waals surface area contributed by atoms with Gasteiger partial charge in [0.25, 0.3) is 0 Å². The first-order valence-corrected chi connectivity index (χ1v) is 9.63. The number of aliphatic hydroxyl groups is 2. The molecule has 0 bridgehead atoms. The summed E-state index contributed by atoms with van der Waals surface area (Å²) in [5, 5.41) is 19.6. The Kier molecular flexibility index (Phi) is 5.47. The lowest BCUT2D eigenvalue weighted by Gasteiger charge is -2.25. The lowest BCUT2D eigenvalue weighted by atomic mass is 9.93. The molecule has 0 amide bonds. The number of ether oxygens (including phenoxy) is 2. The van der Waals surface area contributed by atoms with Crippen LogP contribution in [0, 0.1) is 6.92 Å². The van der Waals surface area contributed by atoms with Crippen LogP contribution in [0.2, 0.25) is 0 Å². The minimum Gasteiger partial charge on any atom is -0.454 e. The van der Waals surface area contributed by atoms with Gasteiger partial charge in [-0.3, -0.25) is 0 Å². The van der Waals surface area contributed by atoms with Crippen LogP contribution in [0.15, 0.2) is 47.4 Å². The topological polar surface area (TPSA) is 105 Å². The molecule has 0 saturated carbocycles. The molecule has 2 atom stereocenters. The van der Waals surface area contributed by atoms with Crippen molar-refractivity contribution >= 4 is 10.0 Å². The summed E-state index contributed by atoms with van der Waals surface area (Å²) < 4.78 is 38.3. The summed E-state index contributed by atoms with van der Waals surface area (Å²) in [7, 11) is -3.84. The quantitative estimate of drug-likeness (QED) is 0.666. The Hall–Kier alpha value is -2.13. The first-order chi connectivity index (χ1) is 12.4. The third-order valence-electron chi connectivity index (χ3n) is 4.34. The van der Waals surface area contributed by atoms with Crippen LogP contribution in [0.25, 0.3) is 0 Å². The fourth-order valence-electron chi connectivity index (χ4n) is 2.84. The van der Waals surface area contributed by atoms with Crippen molar-refractivity contribution in [3.05, 3.63) is 53.6 Å². The monoisotopic (exact) mass is 379 g/mol. The Balaban J connectivity index is 1.85. The summed E-state index contributed by atoms with van der Waals surface area (Å²) in [6.45, 7) is 1.17. The highest BCUT2D eigenvalue weighted by molar-refractivity contribution is 7.89. The van der Waals surface area contributed by atoms with Gasteiger partial charge in [-0.2, -0.15) is 0 Å². The van der Waals surface area contributed by atoms with Gasteiger partial charge < -0.3 is 19.7 Å². The van der Waals surface area contributed by atoms with E-state index in [4.69, 9.17) is 9.47 Å². The van der Waals surface area contributed by atoms with Crippen LogP contribution in [0.4, 0.5) is 0 Å². The van der Waals surface area contributed by atoms with Gasteiger partial charge in [0.2, 0.25) is 16.8 Å². The zero-order valence-corrected chi connectivity index (χ0v) is 15.1. The standard InChI is InChI=1S/C18H21NO6S/c1-12-2-5-14(6-3-12)26(22,23)19-16(10-21)15(9-20)13-4-7-17-18(8-13)25-11-24-17/h2-8,15-16,19-21H,9-11H2,1H3/t15-,16+/m1/s1. The Morgan fingerprint density at radius 1 is 1.04 bits per heavy atom. The molecular weight excluding hydrogens is 358 g/mol. The van der Waals surface area contributed by atoms with Crippen LogP contribution in [-0.2, 0) is 10.0 Å². The van der Waals surface area contributed by atoms with Gasteiger partial charge in [-0.25, -0.2) is 13.1 Å². The summed E-state index contributed by atoms with van der Waals surface area (Å²) in [6, 6.07) is 10.6. The summed E-state index contributed by atoms with van der Waals surface area (Å²) in [5.74, 6) is 0.472. The fraction of sp³-hybridized carbons (Fsp3) is 0.333. The van der Waals surface area contributed by atoms with Crippen molar-refractivity contribution < 1.29 is 28.1 Å². The summed E-state index contributed by atoms with van der Waals surface area (Å²) in [4.78, 5) is 0.101. The number of fused-ring (bicyclic) bond motifs is 1. The zero-order valence-electron chi connectivity index (χ0n) is 14.3. The molecule has 0 fully saturated rings. The van der Waals surface area contributed by atoms with E-state index in [-0.39, 0.29) is 18.3 Å². The summed E-state index contributed by atoms with van der Waals surface area (Å²) in [6.07, 6.45) is 0. The average Bonchev–Trinajstić information content (AvgIpc) is 3.09. The zero-order chi connectivity index (χ0) is 18.7. The van der Waals surface area contributed by atoms with Crippen molar-refractivity contribution in [3.63, 3.8) is 0 Å². The predicted octanol–water partition coefficient (Wildman–Crippen LogP) is 1.14. The number of nitrogens with one attached hydrogen (secondary N) is 1. The Morgan fingerprint density at radius 2 is 1.73 bits per heavy atom. The SMILES string of the molecule is Cc1ccc(S(=O)(=O)N[C@@H](CO)[C@H](CO)c2ccc3c(c2)OCO3)cc1. The molecule has 0 aliphatic carbocycles. The van der Waals surface area contributed by atoms with E-state index < -0.39 is 28.6 Å². The number of hydrogen-bond acceptors (Lipinski definition) is 6. The van der Waals surface area contributed by atoms with Gasteiger partial charge >= 0.3 is 0 Å². The van der Waals surface area contributed by atoms with Gasteiger partial charge in [0.15, 0.2) is 11.5 Å². The molecule has 0 spiro atoms. The van der Waals surface area contributed by atoms with Gasteiger partial charge in [-0.05, 0) is 36.8 Å². The van der Waals surface area contributed by atoms with Gasteiger partial charge in [0, 0.05) is 5.92 Å². The third-order valence-corrected chi connectivity index (χ3v) is 5.85. The van der Waals surface area contributed by atoms with Crippen molar-refractivity contribution in [2.75, 3.05) is 20.0 Å². The lowest BCUT2D eigenvalue weighted by Crippen LogP contribution is -2.43. The van der Waals surface area contributed by atoms with Gasteiger partial charge in [0.1, 0.15) is 0 Å². The minimum absolute atomic E-state index is 0.101. The Bertz CT molecular complexity index is 866. The van der Waals surface area contributed by atoms with Crippen molar-refractivity contribution in [2.45, 2.75) is 23.8 Å². The van der Waals surface area contributed by atoms with E-state index >= 15 is 0 Å². The highest BCUT2D eigenvalue weighted by Crippen LogP contribution is 2.35. The van der Waals surface area contributed by atoms with Crippen molar-refractivity contribution in [2.24, 2.45) is 0 Å². The van der Waals surface area contributed by atoms with E-state index in [1.807, 2.05) is 6.92 Å². The molecule has 0 radical (unpaired) electrons. The molecule has 7 nitrogen and oxygen atoms in total. The maximum atomic E-state index is 12.6. The maximum Gasteiger partial charge on any atom is 0.240 e. The summed E-state index contributed by atoms with van der Waals surface area (Å²) in [5.41, 5.74) is 1.58. The number of sulfonamides is 1. The van der Waals surface area contributed by atoms with Crippen LogP contribution in [0.1, 0.15) is 17.0 Å². The van der Waals surface area contributed by atoms with Gasteiger partial charge in [0.05, 0.1) is 24.2 Å². The molecule has 0 aromatic heterocycles.